The van der Waals surface area contributed by atoms with Gasteiger partial charge in [-0.2, -0.15) is 5.32 Å². The van der Waals surface area contributed by atoms with Gasteiger partial charge < -0.3 is 20.9 Å². The van der Waals surface area contributed by atoms with E-state index in [0.717, 1.165) is 0 Å². The van der Waals surface area contributed by atoms with Crippen LogP contribution in [0, 0.1) is 10.4 Å². The molecule has 0 spiro atoms. The number of urea groups is 1. The highest BCUT2D eigenvalue weighted by Crippen LogP contribution is 2.27. The third kappa shape index (κ3) is 4.30. The van der Waals surface area contributed by atoms with Crippen LogP contribution in [0.1, 0.15) is 6.42 Å². The largest absolute Gasteiger partial charge is 0.739 e. The van der Waals surface area contributed by atoms with Gasteiger partial charge in [-0.05, 0) is 31.2 Å². The van der Waals surface area contributed by atoms with Crippen molar-refractivity contribution in [2.75, 3.05) is 23.8 Å². The number of anilines is 2. The van der Waals surface area contributed by atoms with E-state index in [2.05, 4.69) is 15.7 Å². The minimum atomic E-state index is -0.798. The van der Waals surface area contributed by atoms with Gasteiger partial charge in [0.15, 0.2) is 5.52 Å². The number of carbonyl (C=O) groups excluding carboxylic acids is 1. The Labute approximate surface area is 164 Å². The maximum absolute atomic E-state index is 12.3. The van der Waals surface area contributed by atoms with E-state index in [0.29, 0.717) is 30.1 Å². The second-order valence-electron chi connectivity index (χ2n) is 5.69. The Morgan fingerprint density at radius 2 is 1.93 bits per heavy atom. The molecule has 2 amide bonds. The summed E-state index contributed by atoms with van der Waals surface area (Å²) < 4.78 is 5.86. The molecule has 28 heavy (non-hydrogen) atoms. The number of ether oxygens (including phenoxy) is 1. The van der Waals surface area contributed by atoms with Crippen LogP contribution in [0.25, 0.3) is 11.0 Å². The summed E-state index contributed by atoms with van der Waals surface area (Å²) in [6.45, 7) is 0.916. The highest BCUT2D eigenvalue weighted by Gasteiger charge is 2.23. The first-order valence-electron chi connectivity index (χ1n) is 8.32. The summed E-state index contributed by atoms with van der Waals surface area (Å²) in [6, 6.07) is 10.0. The molecule has 0 fully saturated rings. The van der Waals surface area contributed by atoms with Crippen molar-refractivity contribution in [3.05, 3.63) is 57.9 Å². The Bertz CT molecular complexity index is 1020. The lowest BCUT2D eigenvalue weighted by atomic mass is 10.3. The van der Waals surface area contributed by atoms with Crippen molar-refractivity contribution in [2.45, 2.75) is 6.42 Å². The van der Waals surface area contributed by atoms with Gasteiger partial charge >= 0.3 is 12.0 Å². The summed E-state index contributed by atoms with van der Waals surface area (Å²) in [6.07, 6.45) is 0.679. The van der Waals surface area contributed by atoms with Gasteiger partial charge in [0, 0.05) is 17.0 Å². The molecule has 0 saturated heterocycles. The number of halogens is 1. The third-order valence-electron chi connectivity index (χ3n) is 3.71. The Morgan fingerprint density at radius 3 is 2.68 bits per heavy atom. The number of nitrogens with zero attached hydrogens (tertiary/aromatic N) is 3. The molecule has 10 nitrogen and oxygen atoms in total. The normalized spacial score (nSPS) is 10.6. The maximum atomic E-state index is 12.3. The SMILES string of the molecule is NCCCOc1ccc(Cl)c(NC(=O)Nc2n[n+]([O-])c3ccccc3[n+]2[O-])c1. The van der Waals surface area contributed by atoms with Gasteiger partial charge in [-0.25, -0.2) is 9.52 Å². The van der Waals surface area contributed by atoms with Crippen molar-refractivity contribution in [3.8, 4) is 5.75 Å². The van der Waals surface area contributed by atoms with Gasteiger partial charge in [0.25, 0.3) is 5.52 Å². The quantitative estimate of drug-likeness (QED) is 0.323. The van der Waals surface area contributed by atoms with Crippen LogP contribution in [-0.4, -0.2) is 24.3 Å². The van der Waals surface area contributed by atoms with Crippen LogP contribution in [-0.2, 0) is 0 Å². The standard InChI is InChI=1S/C17H17ClN6O4/c18-12-7-6-11(28-9-3-8-19)10-13(12)20-17(25)21-16-22-24(27)15-5-2-1-4-14(15)23(16)26/h1-2,4-7,10H,3,8-9,19H2,(H2,20,21,22,25). The second-order valence-corrected chi connectivity index (χ2v) is 6.10. The average molecular weight is 405 g/mol. The molecule has 0 radical (unpaired) electrons. The number of para-hydroxylation sites is 2. The number of amides is 2. The second kappa shape index (κ2) is 8.55. The lowest BCUT2D eigenvalue weighted by molar-refractivity contribution is -0.672. The van der Waals surface area contributed by atoms with E-state index in [1.807, 2.05) is 0 Å². The highest BCUT2D eigenvalue weighted by molar-refractivity contribution is 6.33. The van der Waals surface area contributed by atoms with E-state index < -0.39 is 12.0 Å². The molecule has 146 valence electrons. The lowest BCUT2D eigenvalue weighted by Gasteiger charge is -2.11. The number of nitrogens with one attached hydrogen (secondary N) is 2. The first-order chi connectivity index (χ1) is 13.5. The van der Waals surface area contributed by atoms with E-state index in [1.165, 1.54) is 18.2 Å². The Kier molecular flexibility index (Phi) is 5.92. The van der Waals surface area contributed by atoms with Crippen molar-refractivity contribution in [3.63, 3.8) is 0 Å². The fraction of sp³-hybridized carbons (Fsp3) is 0.176. The first kappa shape index (κ1) is 19.4. The average Bonchev–Trinajstić information content (AvgIpc) is 2.68. The molecule has 11 heteroatoms. The fourth-order valence-electron chi connectivity index (χ4n) is 2.39. The van der Waals surface area contributed by atoms with E-state index in [4.69, 9.17) is 22.1 Å². The molecule has 0 saturated carbocycles. The first-order valence-corrected chi connectivity index (χ1v) is 8.70. The van der Waals surface area contributed by atoms with E-state index in [9.17, 15) is 15.2 Å². The highest BCUT2D eigenvalue weighted by atomic mass is 35.5. The predicted octanol–water partition coefficient (Wildman–Crippen LogP) is 1.53. The Hall–Kier alpha value is -3.37. The zero-order valence-electron chi connectivity index (χ0n) is 14.6. The molecule has 3 aromatic rings. The third-order valence-corrected chi connectivity index (χ3v) is 4.04. The number of nitrogens with two attached hydrogens (primary N) is 1. The predicted molar refractivity (Wildman–Crippen MR) is 103 cm³/mol. The van der Waals surface area contributed by atoms with Gasteiger partial charge in [0.05, 0.1) is 17.3 Å². The van der Waals surface area contributed by atoms with E-state index >= 15 is 0 Å². The maximum Gasteiger partial charge on any atom is 0.469 e. The van der Waals surface area contributed by atoms with Crippen molar-refractivity contribution >= 4 is 40.3 Å². The van der Waals surface area contributed by atoms with Crippen molar-refractivity contribution in [1.82, 2.24) is 5.10 Å². The van der Waals surface area contributed by atoms with Gasteiger partial charge in [-0.1, -0.05) is 23.7 Å². The molecule has 0 aliphatic heterocycles. The molecule has 0 bridgehead atoms. The fourth-order valence-corrected chi connectivity index (χ4v) is 2.55. The Balaban J connectivity index is 1.77. The molecule has 0 aliphatic rings. The number of aromatic nitrogens is 3. The van der Waals surface area contributed by atoms with Crippen LogP contribution in [0.2, 0.25) is 5.02 Å². The summed E-state index contributed by atoms with van der Waals surface area (Å²) in [5, 5.41) is 32.8. The number of rotatable bonds is 6. The summed E-state index contributed by atoms with van der Waals surface area (Å²) in [5.41, 5.74) is 5.82. The molecule has 1 heterocycles. The Morgan fingerprint density at radius 1 is 1.18 bits per heavy atom. The molecule has 2 aromatic carbocycles. The summed E-state index contributed by atoms with van der Waals surface area (Å²) in [4.78, 5) is 12.5. The molecular formula is C17H17ClN6O4. The van der Waals surface area contributed by atoms with Crippen LogP contribution in [0.4, 0.5) is 16.4 Å². The number of carbonyl (C=O) groups is 1. The summed E-state index contributed by atoms with van der Waals surface area (Å²) in [5.74, 6) is 0.0194. The van der Waals surface area contributed by atoms with Crippen molar-refractivity contribution in [1.29, 1.82) is 0 Å². The number of benzene rings is 2. The van der Waals surface area contributed by atoms with E-state index in [-0.39, 0.29) is 26.6 Å². The molecule has 0 aliphatic carbocycles. The minimum absolute atomic E-state index is 0.0659. The molecule has 0 atom stereocenters. The minimum Gasteiger partial charge on any atom is -0.739 e. The monoisotopic (exact) mass is 404 g/mol. The molecule has 0 unspecified atom stereocenters. The molecule has 3 rings (SSSR count). The summed E-state index contributed by atoms with van der Waals surface area (Å²) >= 11 is 6.08. The topological polar surface area (TPSA) is 143 Å². The van der Waals surface area contributed by atoms with Gasteiger partial charge in [0.1, 0.15) is 5.75 Å². The van der Waals surface area contributed by atoms with Crippen LogP contribution in [0.3, 0.4) is 0 Å². The lowest BCUT2D eigenvalue weighted by Crippen LogP contribution is -2.45. The molecule has 1 aromatic heterocycles. The molecule has 4 N–H and O–H groups in total. The zero-order chi connectivity index (χ0) is 20.1. The van der Waals surface area contributed by atoms with E-state index in [1.54, 1.807) is 24.3 Å². The van der Waals surface area contributed by atoms with Crippen molar-refractivity contribution < 1.29 is 19.1 Å². The van der Waals surface area contributed by atoms with Crippen LogP contribution < -0.4 is 30.7 Å². The van der Waals surface area contributed by atoms with Crippen LogP contribution in [0.5, 0.6) is 5.75 Å². The van der Waals surface area contributed by atoms with Gasteiger partial charge in [-0.3, -0.25) is 5.32 Å². The van der Waals surface area contributed by atoms with Gasteiger partial charge in [0.2, 0.25) is 5.10 Å². The molecular weight excluding hydrogens is 388 g/mol. The van der Waals surface area contributed by atoms with Crippen LogP contribution >= 0.6 is 11.6 Å². The zero-order valence-corrected chi connectivity index (χ0v) is 15.3. The number of fused-ring (bicyclic) bond motifs is 1. The van der Waals surface area contributed by atoms with Crippen molar-refractivity contribution in [2.24, 2.45) is 5.73 Å². The summed E-state index contributed by atoms with van der Waals surface area (Å²) in [7, 11) is 0. The van der Waals surface area contributed by atoms with Gasteiger partial charge in [-0.15, -0.1) is 0 Å². The number of hydrogen-bond acceptors (Lipinski definition) is 6. The number of hydrogen-bond donors (Lipinski definition) is 3. The van der Waals surface area contributed by atoms with Crippen LogP contribution in [0.15, 0.2) is 42.5 Å². The smallest absolute Gasteiger partial charge is 0.469 e.